The Balaban J connectivity index is 1.75. The number of aromatic nitrogens is 1. The molecular formula is C16H19N3O2. The third-order valence-corrected chi connectivity index (χ3v) is 4.01. The number of carbonyl (C=O) groups is 1. The van der Waals surface area contributed by atoms with Crippen LogP contribution in [0.1, 0.15) is 29.5 Å². The lowest BCUT2D eigenvalue weighted by molar-refractivity contribution is -0.116. The zero-order valence-electron chi connectivity index (χ0n) is 12.6. The van der Waals surface area contributed by atoms with Crippen molar-refractivity contribution in [2.45, 2.75) is 33.7 Å². The number of carbonyl (C=O) groups excluding carboxylic acids is 1. The van der Waals surface area contributed by atoms with Crippen LogP contribution in [0.15, 0.2) is 22.7 Å². The van der Waals surface area contributed by atoms with Gasteiger partial charge in [-0.05, 0) is 44.0 Å². The van der Waals surface area contributed by atoms with Gasteiger partial charge in [-0.1, -0.05) is 5.16 Å². The number of nitrogens with one attached hydrogen (secondary N) is 1. The van der Waals surface area contributed by atoms with Crippen LogP contribution in [0.25, 0.3) is 0 Å². The highest BCUT2D eigenvalue weighted by molar-refractivity contribution is 5.94. The number of aryl methyl sites for hydroxylation is 2. The van der Waals surface area contributed by atoms with Crippen molar-refractivity contribution >= 4 is 17.3 Å². The van der Waals surface area contributed by atoms with Crippen LogP contribution in [0.5, 0.6) is 0 Å². The van der Waals surface area contributed by atoms with Gasteiger partial charge >= 0.3 is 0 Å². The van der Waals surface area contributed by atoms with Crippen molar-refractivity contribution in [3.05, 3.63) is 40.8 Å². The average molecular weight is 285 g/mol. The lowest BCUT2D eigenvalue weighted by Crippen LogP contribution is -2.25. The largest absolute Gasteiger partial charge is 0.381 e. The molecule has 0 saturated carbocycles. The molecule has 5 heteroatoms. The Morgan fingerprint density at radius 3 is 2.90 bits per heavy atom. The van der Waals surface area contributed by atoms with E-state index in [1.807, 2.05) is 30.9 Å². The zero-order chi connectivity index (χ0) is 15.0. The summed E-state index contributed by atoms with van der Waals surface area (Å²) in [5, 5.41) is 7.36. The highest BCUT2D eigenvalue weighted by atomic mass is 16.5. The topological polar surface area (TPSA) is 58.4 Å². The van der Waals surface area contributed by atoms with Gasteiger partial charge in [0, 0.05) is 37.0 Å². The molecule has 0 unspecified atom stereocenters. The third kappa shape index (κ3) is 2.51. The highest BCUT2D eigenvalue weighted by Gasteiger charge is 2.22. The SMILES string of the molecule is CC(=O)N1CCc2cc(NCc3c(C)noc3C)ccc21. The van der Waals surface area contributed by atoms with Crippen molar-refractivity contribution in [3.8, 4) is 0 Å². The Morgan fingerprint density at radius 2 is 2.24 bits per heavy atom. The minimum atomic E-state index is 0.102. The van der Waals surface area contributed by atoms with Crippen LogP contribution in [0.4, 0.5) is 11.4 Å². The van der Waals surface area contributed by atoms with Crippen molar-refractivity contribution in [2.24, 2.45) is 0 Å². The summed E-state index contributed by atoms with van der Waals surface area (Å²) >= 11 is 0. The van der Waals surface area contributed by atoms with Gasteiger partial charge in [-0.15, -0.1) is 0 Å². The van der Waals surface area contributed by atoms with Crippen LogP contribution in [-0.4, -0.2) is 17.6 Å². The van der Waals surface area contributed by atoms with E-state index in [4.69, 9.17) is 4.52 Å². The maximum atomic E-state index is 11.5. The maximum absolute atomic E-state index is 11.5. The Bertz CT molecular complexity index is 671. The number of amides is 1. The van der Waals surface area contributed by atoms with E-state index in [-0.39, 0.29) is 5.91 Å². The molecule has 1 aromatic carbocycles. The van der Waals surface area contributed by atoms with Gasteiger partial charge in [0.2, 0.25) is 5.91 Å². The lowest BCUT2D eigenvalue weighted by Gasteiger charge is -2.15. The van der Waals surface area contributed by atoms with E-state index in [0.717, 1.165) is 41.4 Å². The second kappa shape index (κ2) is 5.24. The fraction of sp³-hybridized carbons (Fsp3) is 0.375. The van der Waals surface area contributed by atoms with E-state index >= 15 is 0 Å². The molecule has 2 aromatic rings. The third-order valence-electron chi connectivity index (χ3n) is 4.01. The van der Waals surface area contributed by atoms with Gasteiger partial charge in [-0.2, -0.15) is 0 Å². The van der Waals surface area contributed by atoms with Crippen molar-refractivity contribution < 1.29 is 9.32 Å². The Labute approximate surface area is 123 Å². The molecule has 0 spiro atoms. The van der Waals surface area contributed by atoms with Crippen LogP contribution in [0, 0.1) is 13.8 Å². The standard InChI is InChI=1S/C16H19N3O2/c1-10-15(11(2)21-18-10)9-17-14-4-5-16-13(8-14)6-7-19(16)12(3)20/h4-5,8,17H,6-7,9H2,1-3H3. The molecule has 0 aliphatic carbocycles. The van der Waals surface area contributed by atoms with Crippen LogP contribution >= 0.6 is 0 Å². The first kappa shape index (κ1) is 13.7. The molecule has 1 amide bonds. The highest BCUT2D eigenvalue weighted by Crippen LogP contribution is 2.30. The fourth-order valence-corrected chi connectivity index (χ4v) is 2.78. The number of anilines is 2. The fourth-order valence-electron chi connectivity index (χ4n) is 2.78. The molecule has 110 valence electrons. The number of hydrogen-bond acceptors (Lipinski definition) is 4. The molecule has 2 heterocycles. The summed E-state index contributed by atoms with van der Waals surface area (Å²) in [6, 6.07) is 6.15. The van der Waals surface area contributed by atoms with Crippen molar-refractivity contribution in [2.75, 3.05) is 16.8 Å². The van der Waals surface area contributed by atoms with Gasteiger partial charge in [0.05, 0.1) is 5.69 Å². The summed E-state index contributed by atoms with van der Waals surface area (Å²) in [6.45, 7) is 6.94. The molecule has 0 fully saturated rings. The van der Waals surface area contributed by atoms with Crippen molar-refractivity contribution in [1.29, 1.82) is 0 Å². The number of hydrogen-bond donors (Lipinski definition) is 1. The van der Waals surface area contributed by atoms with E-state index in [9.17, 15) is 4.79 Å². The van der Waals surface area contributed by atoms with Crippen LogP contribution in [0.2, 0.25) is 0 Å². The summed E-state index contributed by atoms with van der Waals surface area (Å²) in [4.78, 5) is 13.4. The Kier molecular flexibility index (Phi) is 3.41. The molecule has 3 rings (SSSR count). The van der Waals surface area contributed by atoms with Gasteiger partial charge in [0.15, 0.2) is 0 Å². The summed E-state index contributed by atoms with van der Waals surface area (Å²) in [5.41, 5.74) is 5.32. The summed E-state index contributed by atoms with van der Waals surface area (Å²) in [5.74, 6) is 0.953. The van der Waals surface area contributed by atoms with E-state index in [1.165, 1.54) is 5.56 Å². The van der Waals surface area contributed by atoms with Crippen LogP contribution in [0.3, 0.4) is 0 Å². The van der Waals surface area contributed by atoms with E-state index in [1.54, 1.807) is 6.92 Å². The van der Waals surface area contributed by atoms with Gasteiger partial charge in [-0.3, -0.25) is 4.79 Å². The number of benzene rings is 1. The smallest absolute Gasteiger partial charge is 0.223 e. The molecule has 21 heavy (non-hydrogen) atoms. The van der Waals surface area contributed by atoms with Crippen LogP contribution < -0.4 is 10.2 Å². The molecule has 0 saturated heterocycles. The summed E-state index contributed by atoms with van der Waals surface area (Å²) < 4.78 is 5.16. The summed E-state index contributed by atoms with van der Waals surface area (Å²) in [7, 11) is 0. The van der Waals surface area contributed by atoms with E-state index in [0.29, 0.717) is 6.54 Å². The first-order chi connectivity index (χ1) is 10.1. The first-order valence-electron chi connectivity index (χ1n) is 7.13. The minimum Gasteiger partial charge on any atom is -0.381 e. The number of fused-ring (bicyclic) bond motifs is 1. The van der Waals surface area contributed by atoms with E-state index in [2.05, 4.69) is 16.5 Å². The number of rotatable bonds is 3. The quantitative estimate of drug-likeness (QED) is 0.942. The average Bonchev–Trinajstić information content (AvgIpc) is 3.01. The molecule has 0 radical (unpaired) electrons. The second-order valence-electron chi connectivity index (χ2n) is 5.42. The maximum Gasteiger partial charge on any atom is 0.223 e. The Morgan fingerprint density at radius 1 is 1.43 bits per heavy atom. The summed E-state index contributed by atoms with van der Waals surface area (Å²) in [6.07, 6.45) is 0.912. The first-order valence-corrected chi connectivity index (χ1v) is 7.13. The van der Waals surface area contributed by atoms with Crippen molar-refractivity contribution in [3.63, 3.8) is 0 Å². The molecule has 0 bridgehead atoms. The molecular weight excluding hydrogens is 266 g/mol. The monoisotopic (exact) mass is 285 g/mol. The predicted molar refractivity (Wildman–Crippen MR) is 81.5 cm³/mol. The Hall–Kier alpha value is -2.30. The lowest BCUT2D eigenvalue weighted by atomic mass is 10.1. The van der Waals surface area contributed by atoms with Gasteiger partial charge in [0.1, 0.15) is 5.76 Å². The molecule has 5 nitrogen and oxygen atoms in total. The molecule has 1 aliphatic heterocycles. The number of nitrogens with zero attached hydrogens (tertiary/aromatic N) is 2. The van der Waals surface area contributed by atoms with Crippen LogP contribution in [-0.2, 0) is 17.8 Å². The zero-order valence-corrected chi connectivity index (χ0v) is 12.6. The minimum absolute atomic E-state index is 0.102. The van der Waals surface area contributed by atoms with Gasteiger partial charge in [-0.25, -0.2) is 0 Å². The van der Waals surface area contributed by atoms with Crippen molar-refractivity contribution in [1.82, 2.24) is 5.16 Å². The van der Waals surface area contributed by atoms with Gasteiger partial charge in [0.25, 0.3) is 0 Å². The predicted octanol–water partition coefficient (Wildman–Crippen LogP) is 2.81. The molecule has 1 N–H and O–H groups in total. The molecule has 1 aliphatic rings. The normalized spacial score (nSPS) is 13.4. The van der Waals surface area contributed by atoms with Gasteiger partial charge < -0.3 is 14.7 Å². The second-order valence-corrected chi connectivity index (χ2v) is 5.42. The molecule has 1 aromatic heterocycles. The molecule has 0 atom stereocenters. The van der Waals surface area contributed by atoms with E-state index < -0.39 is 0 Å².